The van der Waals surface area contributed by atoms with Gasteiger partial charge in [0.05, 0.1) is 17.6 Å². The predicted octanol–water partition coefficient (Wildman–Crippen LogP) is 3.02. The summed E-state index contributed by atoms with van der Waals surface area (Å²) in [5.74, 6) is -0.649. The molecule has 0 aromatic carbocycles. The standard InChI is InChI=1S/C16H25N3O3S2/c1-7-10(8-2)17-16(23)18-13-11(15(21)22-6)9(3)12(24-13)14(20)19(4)5/h10H,7-8H2,1-6H3,(H2,17,18,23). The van der Waals surface area contributed by atoms with E-state index in [1.54, 1.807) is 21.0 Å². The summed E-state index contributed by atoms with van der Waals surface area (Å²) in [5.41, 5.74) is 0.944. The van der Waals surface area contributed by atoms with Gasteiger partial charge in [-0.3, -0.25) is 4.79 Å². The van der Waals surface area contributed by atoms with Crippen LogP contribution in [0.4, 0.5) is 5.00 Å². The van der Waals surface area contributed by atoms with Gasteiger partial charge in [0, 0.05) is 20.1 Å². The molecule has 1 amide bonds. The Morgan fingerprint density at radius 2 is 1.88 bits per heavy atom. The molecule has 0 aliphatic heterocycles. The van der Waals surface area contributed by atoms with E-state index in [9.17, 15) is 9.59 Å². The lowest BCUT2D eigenvalue weighted by Gasteiger charge is -2.17. The smallest absolute Gasteiger partial charge is 0.341 e. The third kappa shape index (κ3) is 4.67. The van der Waals surface area contributed by atoms with E-state index in [1.165, 1.54) is 23.3 Å². The lowest BCUT2D eigenvalue weighted by Crippen LogP contribution is -2.37. The normalized spacial score (nSPS) is 10.5. The maximum absolute atomic E-state index is 12.3. The second kappa shape index (κ2) is 8.98. The molecule has 6 nitrogen and oxygen atoms in total. The number of nitrogens with one attached hydrogen (secondary N) is 2. The predicted molar refractivity (Wildman–Crippen MR) is 102 cm³/mol. The van der Waals surface area contributed by atoms with Gasteiger partial charge in [0.25, 0.3) is 5.91 Å². The van der Waals surface area contributed by atoms with Gasteiger partial charge in [0.15, 0.2) is 5.11 Å². The van der Waals surface area contributed by atoms with Crippen molar-refractivity contribution in [1.29, 1.82) is 0 Å². The van der Waals surface area contributed by atoms with E-state index < -0.39 is 5.97 Å². The van der Waals surface area contributed by atoms with Gasteiger partial charge in [0.2, 0.25) is 0 Å². The number of amides is 1. The lowest BCUT2D eigenvalue weighted by atomic mass is 10.1. The molecule has 0 fully saturated rings. The third-order valence-electron chi connectivity index (χ3n) is 3.68. The quantitative estimate of drug-likeness (QED) is 0.592. The number of nitrogens with zero attached hydrogens (tertiary/aromatic N) is 1. The first-order valence-corrected chi connectivity index (χ1v) is 9.00. The largest absolute Gasteiger partial charge is 0.465 e. The van der Waals surface area contributed by atoms with E-state index in [2.05, 4.69) is 24.5 Å². The van der Waals surface area contributed by atoms with E-state index in [1.807, 2.05) is 0 Å². The summed E-state index contributed by atoms with van der Waals surface area (Å²) in [4.78, 5) is 26.4. The number of carbonyl (C=O) groups is 2. The molecule has 1 rings (SSSR count). The van der Waals surface area contributed by atoms with Crippen molar-refractivity contribution >= 4 is 45.5 Å². The Kier molecular flexibility index (Phi) is 7.62. The van der Waals surface area contributed by atoms with Crippen LogP contribution in [0.2, 0.25) is 0 Å². The number of methoxy groups -OCH3 is 1. The molecule has 1 aromatic rings. The van der Waals surface area contributed by atoms with Crippen molar-refractivity contribution in [2.75, 3.05) is 26.5 Å². The van der Waals surface area contributed by atoms with Crippen LogP contribution in [-0.4, -0.2) is 49.1 Å². The number of carbonyl (C=O) groups excluding carboxylic acids is 2. The van der Waals surface area contributed by atoms with Crippen LogP contribution >= 0.6 is 23.6 Å². The molecule has 0 bridgehead atoms. The Morgan fingerprint density at radius 1 is 1.29 bits per heavy atom. The van der Waals surface area contributed by atoms with Gasteiger partial charge in [0.1, 0.15) is 5.00 Å². The minimum absolute atomic E-state index is 0.158. The maximum Gasteiger partial charge on any atom is 0.341 e. The van der Waals surface area contributed by atoms with Crippen molar-refractivity contribution in [3.63, 3.8) is 0 Å². The van der Waals surface area contributed by atoms with Crippen LogP contribution < -0.4 is 10.6 Å². The van der Waals surface area contributed by atoms with Gasteiger partial charge in [-0.1, -0.05) is 13.8 Å². The number of ether oxygens (including phenoxy) is 1. The average Bonchev–Trinajstić information content (AvgIpc) is 2.86. The topological polar surface area (TPSA) is 70.7 Å². The molecule has 0 aliphatic carbocycles. The van der Waals surface area contributed by atoms with Crippen LogP contribution in [-0.2, 0) is 4.74 Å². The second-order valence-electron chi connectivity index (χ2n) is 5.56. The Hall–Kier alpha value is -1.67. The summed E-state index contributed by atoms with van der Waals surface area (Å²) in [7, 11) is 4.66. The summed E-state index contributed by atoms with van der Waals surface area (Å²) in [6.07, 6.45) is 1.88. The van der Waals surface area contributed by atoms with Crippen LogP contribution in [0.1, 0.15) is 52.3 Å². The highest BCUT2D eigenvalue weighted by Crippen LogP contribution is 2.34. The fourth-order valence-electron chi connectivity index (χ4n) is 2.17. The number of anilines is 1. The molecule has 8 heteroatoms. The number of esters is 1. The summed E-state index contributed by atoms with van der Waals surface area (Å²) in [5, 5.41) is 7.21. The fourth-order valence-corrected chi connectivity index (χ4v) is 3.73. The SMILES string of the molecule is CCC(CC)NC(=S)Nc1sc(C(=O)N(C)C)c(C)c1C(=O)OC. The molecular weight excluding hydrogens is 346 g/mol. The van der Waals surface area contributed by atoms with Crippen LogP contribution in [0.15, 0.2) is 0 Å². The zero-order valence-electron chi connectivity index (χ0n) is 15.0. The van der Waals surface area contributed by atoms with E-state index in [4.69, 9.17) is 17.0 Å². The van der Waals surface area contributed by atoms with Gasteiger partial charge in [-0.2, -0.15) is 0 Å². The molecule has 24 heavy (non-hydrogen) atoms. The van der Waals surface area contributed by atoms with E-state index >= 15 is 0 Å². The monoisotopic (exact) mass is 371 g/mol. The highest BCUT2D eigenvalue weighted by Gasteiger charge is 2.26. The fraction of sp³-hybridized carbons (Fsp3) is 0.562. The third-order valence-corrected chi connectivity index (χ3v) is 5.10. The maximum atomic E-state index is 12.3. The molecule has 1 aromatic heterocycles. The molecule has 0 aliphatic rings. The van der Waals surface area contributed by atoms with Crippen molar-refractivity contribution in [3.05, 3.63) is 16.0 Å². The zero-order valence-corrected chi connectivity index (χ0v) is 16.6. The zero-order chi connectivity index (χ0) is 18.4. The van der Waals surface area contributed by atoms with Crippen LogP contribution in [0.3, 0.4) is 0 Å². The highest BCUT2D eigenvalue weighted by atomic mass is 32.1. The summed E-state index contributed by atoms with van der Waals surface area (Å²) in [6, 6.07) is 0.260. The van der Waals surface area contributed by atoms with Crippen LogP contribution in [0.5, 0.6) is 0 Å². The van der Waals surface area contributed by atoms with Crippen molar-refractivity contribution in [2.45, 2.75) is 39.7 Å². The van der Waals surface area contributed by atoms with Crippen molar-refractivity contribution < 1.29 is 14.3 Å². The number of hydrogen-bond donors (Lipinski definition) is 2. The summed E-state index contributed by atoms with van der Waals surface area (Å²) < 4.78 is 4.86. The van der Waals surface area contributed by atoms with Crippen LogP contribution in [0, 0.1) is 6.92 Å². The number of thiocarbonyl (C=S) groups is 1. The Morgan fingerprint density at radius 3 is 2.33 bits per heavy atom. The molecule has 1 heterocycles. The van der Waals surface area contributed by atoms with Gasteiger partial charge in [-0.15, -0.1) is 11.3 Å². The molecule has 2 N–H and O–H groups in total. The average molecular weight is 372 g/mol. The molecule has 0 saturated carbocycles. The number of thiophene rings is 1. The first kappa shape index (κ1) is 20.4. The number of hydrogen-bond acceptors (Lipinski definition) is 5. The first-order chi connectivity index (χ1) is 11.3. The molecule has 0 unspecified atom stereocenters. The molecule has 0 spiro atoms. The van der Waals surface area contributed by atoms with Gasteiger partial charge in [-0.25, -0.2) is 4.79 Å². The minimum atomic E-state index is -0.491. The van der Waals surface area contributed by atoms with Gasteiger partial charge < -0.3 is 20.3 Å². The molecule has 0 atom stereocenters. The van der Waals surface area contributed by atoms with Crippen LogP contribution in [0.25, 0.3) is 0 Å². The second-order valence-corrected chi connectivity index (χ2v) is 6.99. The number of rotatable bonds is 6. The van der Waals surface area contributed by atoms with E-state index in [-0.39, 0.29) is 11.9 Å². The minimum Gasteiger partial charge on any atom is -0.465 e. The van der Waals surface area contributed by atoms with E-state index in [0.29, 0.717) is 26.1 Å². The van der Waals surface area contributed by atoms with E-state index in [0.717, 1.165) is 12.8 Å². The molecule has 0 saturated heterocycles. The first-order valence-electron chi connectivity index (χ1n) is 7.77. The summed E-state index contributed by atoms with van der Waals surface area (Å²) >= 11 is 6.54. The van der Waals surface area contributed by atoms with Crippen molar-refractivity contribution in [1.82, 2.24) is 10.2 Å². The Bertz CT molecular complexity index is 622. The molecule has 0 radical (unpaired) electrons. The molecule has 134 valence electrons. The summed E-state index contributed by atoms with van der Waals surface area (Å²) in [6.45, 7) is 5.89. The van der Waals surface area contributed by atoms with Gasteiger partial charge >= 0.3 is 5.97 Å². The van der Waals surface area contributed by atoms with Crippen molar-refractivity contribution in [3.8, 4) is 0 Å². The lowest BCUT2D eigenvalue weighted by molar-refractivity contribution is 0.0601. The Labute approximate surface area is 152 Å². The molecular formula is C16H25N3O3S2. The van der Waals surface area contributed by atoms with Crippen molar-refractivity contribution in [2.24, 2.45) is 0 Å². The highest BCUT2D eigenvalue weighted by molar-refractivity contribution is 7.80. The van der Waals surface area contributed by atoms with Gasteiger partial charge in [-0.05, 0) is 37.5 Å². The Balaban J connectivity index is 3.17.